The van der Waals surface area contributed by atoms with Crippen molar-refractivity contribution >= 4 is 0 Å². The first-order chi connectivity index (χ1) is 10.0. The minimum atomic E-state index is 0.260. The van der Waals surface area contributed by atoms with E-state index in [4.69, 9.17) is 0 Å². The molecule has 21 heavy (non-hydrogen) atoms. The summed E-state index contributed by atoms with van der Waals surface area (Å²) in [5.41, 5.74) is 6.36. The molecule has 2 heteroatoms. The monoisotopic (exact) mass is 282 g/mol. The fraction of sp³-hybridized carbons (Fsp3) is 0.421. The van der Waals surface area contributed by atoms with Crippen LogP contribution in [0.25, 0.3) is 0 Å². The molecule has 0 aliphatic heterocycles. The van der Waals surface area contributed by atoms with Crippen LogP contribution in [0.5, 0.6) is 0 Å². The maximum atomic E-state index is 4.63. The number of rotatable bonds is 5. The number of hydrogen-bond acceptors (Lipinski definition) is 2. The van der Waals surface area contributed by atoms with Crippen LogP contribution in [0.2, 0.25) is 0 Å². The van der Waals surface area contributed by atoms with Gasteiger partial charge >= 0.3 is 0 Å². The first-order valence-electron chi connectivity index (χ1n) is 7.70. The Morgan fingerprint density at radius 2 is 1.76 bits per heavy atom. The molecule has 0 amide bonds. The molecule has 1 N–H and O–H groups in total. The molecule has 0 radical (unpaired) electrons. The third-order valence-corrected chi connectivity index (χ3v) is 4.02. The van der Waals surface area contributed by atoms with Gasteiger partial charge in [-0.2, -0.15) is 0 Å². The van der Waals surface area contributed by atoms with Gasteiger partial charge in [-0.1, -0.05) is 44.2 Å². The zero-order valence-electron chi connectivity index (χ0n) is 13.8. The zero-order valence-corrected chi connectivity index (χ0v) is 13.8. The molecule has 1 heterocycles. The van der Waals surface area contributed by atoms with Gasteiger partial charge in [0.05, 0.1) is 11.7 Å². The lowest BCUT2D eigenvalue weighted by Gasteiger charge is -2.18. The summed E-state index contributed by atoms with van der Waals surface area (Å²) < 4.78 is 0. The molecule has 1 aromatic carbocycles. The Kier molecular flexibility index (Phi) is 5.13. The average molecular weight is 282 g/mol. The van der Waals surface area contributed by atoms with Crippen LogP contribution < -0.4 is 5.32 Å². The summed E-state index contributed by atoms with van der Waals surface area (Å²) in [4.78, 5) is 4.63. The largest absolute Gasteiger partial charge is 0.311 e. The van der Waals surface area contributed by atoms with E-state index in [0.29, 0.717) is 5.92 Å². The smallest absolute Gasteiger partial charge is 0.0605 e. The summed E-state index contributed by atoms with van der Waals surface area (Å²) in [6.45, 7) is 8.68. The lowest BCUT2D eigenvalue weighted by atomic mass is 9.96. The van der Waals surface area contributed by atoms with Gasteiger partial charge in [0.2, 0.25) is 0 Å². The molecule has 0 aliphatic rings. The number of benzene rings is 1. The standard InChI is InChI=1S/C19H26N2/c1-13(2)17-8-6-16(7-9-17)11-18(20-5)19-15(4)10-14(3)12-21-19/h6-10,12-13,18,20H,11H2,1-5H3. The molecular weight excluding hydrogens is 256 g/mol. The van der Waals surface area contributed by atoms with Crippen LogP contribution in [-0.4, -0.2) is 12.0 Å². The van der Waals surface area contributed by atoms with E-state index in [2.05, 4.69) is 68.3 Å². The average Bonchev–Trinajstić information content (AvgIpc) is 2.46. The maximum absolute atomic E-state index is 4.63. The van der Waals surface area contributed by atoms with Gasteiger partial charge in [0.15, 0.2) is 0 Å². The van der Waals surface area contributed by atoms with E-state index in [1.807, 2.05) is 13.2 Å². The highest BCUT2D eigenvalue weighted by molar-refractivity contribution is 5.29. The van der Waals surface area contributed by atoms with Crippen molar-refractivity contribution in [2.45, 2.75) is 46.1 Å². The quantitative estimate of drug-likeness (QED) is 0.883. The fourth-order valence-electron chi connectivity index (χ4n) is 2.70. The number of aromatic nitrogens is 1. The predicted octanol–water partition coefficient (Wildman–Crippen LogP) is 4.33. The molecule has 0 fully saturated rings. The van der Waals surface area contributed by atoms with Gasteiger partial charge in [-0.3, -0.25) is 4.98 Å². The molecule has 2 nitrogen and oxygen atoms in total. The van der Waals surface area contributed by atoms with Gasteiger partial charge < -0.3 is 5.32 Å². The molecule has 0 saturated carbocycles. The van der Waals surface area contributed by atoms with E-state index in [-0.39, 0.29) is 6.04 Å². The number of likely N-dealkylation sites (N-methyl/N-ethyl adjacent to an activating group) is 1. The van der Waals surface area contributed by atoms with Crippen molar-refractivity contribution < 1.29 is 0 Å². The molecule has 112 valence electrons. The number of nitrogens with one attached hydrogen (secondary N) is 1. The van der Waals surface area contributed by atoms with Crippen LogP contribution >= 0.6 is 0 Å². The summed E-state index contributed by atoms with van der Waals surface area (Å²) >= 11 is 0. The van der Waals surface area contributed by atoms with Crippen molar-refractivity contribution in [3.63, 3.8) is 0 Å². The summed E-state index contributed by atoms with van der Waals surface area (Å²) in [5.74, 6) is 0.583. The van der Waals surface area contributed by atoms with E-state index in [1.165, 1.54) is 22.3 Å². The topological polar surface area (TPSA) is 24.9 Å². The first kappa shape index (κ1) is 15.7. The summed E-state index contributed by atoms with van der Waals surface area (Å²) in [6.07, 6.45) is 2.92. The third-order valence-electron chi connectivity index (χ3n) is 4.02. The van der Waals surface area contributed by atoms with Crippen LogP contribution in [0.4, 0.5) is 0 Å². The Labute approximate surface area is 128 Å². The van der Waals surface area contributed by atoms with E-state index >= 15 is 0 Å². The highest BCUT2D eigenvalue weighted by atomic mass is 14.9. The lowest BCUT2D eigenvalue weighted by molar-refractivity contribution is 0.572. The van der Waals surface area contributed by atoms with E-state index in [1.54, 1.807) is 0 Å². The SMILES string of the molecule is CNC(Cc1ccc(C(C)C)cc1)c1ncc(C)cc1C. The van der Waals surface area contributed by atoms with Gasteiger partial charge in [0.1, 0.15) is 0 Å². The van der Waals surface area contributed by atoms with Gasteiger partial charge in [0.25, 0.3) is 0 Å². The van der Waals surface area contributed by atoms with Gasteiger partial charge in [-0.15, -0.1) is 0 Å². The molecule has 2 aromatic rings. The van der Waals surface area contributed by atoms with Crippen LogP contribution in [0, 0.1) is 13.8 Å². The van der Waals surface area contributed by atoms with Gasteiger partial charge in [-0.05, 0) is 55.5 Å². The van der Waals surface area contributed by atoms with E-state index in [0.717, 1.165) is 12.1 Å². The minimum absolute atomic E-state index is 0.260. The second-order valence-corrected chi connectivity index (χ2v) is 6.16. The van der Waals surface area contributed by atoms with E-state index in [9.17, 15) is 0 Å². The second kappa shape index (κ2) is 6.86. The predicted molar refractivity (Wildman–Crippen MR) is 89.7 cm³/mol. The van der Waals surface area contributed by atoms with E-state index < -0.39 is 0 Å². The highest BCUT2D eigenvalue weighted by Crippen LogP contribution is 2.22. The Hall–Kier alpha value is -1.67. The summed E-state index contributed by atoms with van der Waals surface area (Å²) in [5, 5.41) is 3.40. The maximum Gasteiger partial charge on any atom is 0.0605 e. The zero-order chi connectivity index (χ0) is 15.4. The summed E-state index contributed by atoms with van der Waals surface area (Å²) in [7, 11) is 2.01. The van der Waals surface area contributed by atoms with Crippen molar-refractivity contribution in [2.24, 2.45) is 0 Å². The number of aryl methyl sites for hydroxylation is 2. The van der Waals surface area contributed by atoms with Gasteiger partial charge in [0, 0.05) is 6.20 Å². The number of pyridine rings is 1. The molecule has 0 spiro atoms. The molecule has 0 aliphatic carbocycles. The normalized spacial score (nSPS) is 12.7. The van der Waals surface area contributed by atoms with Crippen LogP contribution in [-0.2, 0) is 6.42 Å². The fourth-order valence-corrected chi connectivity index (χ4v) is 2.70. The molecule has 0 bridgehead atoms. The van der Waals surface area contributed by atoms with Crippen LogP contribution in [0.15, 0.2) is 36.5 Å². The Morgan fingerprint density at radius 3 is 2.29 bits per heavy atom. The first-order valence-corrected chi connectivity index (χ1v) is 7.70. The van der Waals surface area contributed by atoms with Gasteiger partial charge in [-0.25, -0.2) is 0 Å². The molecule has 2 rings (SSSR count). The summed E-state index contributed by atoms with van der Waals surface area (Å²) in [6, 6.07) is 11.4. The molecule has 1 unspecified atom stereocenters. The van der Waals surface area contributed by atoms with Crippen molar-refractivity contribution in [1.29, 1.82) is 0 Å². The van der Waals surface area contributed by atoms with Crippen molar-refractivity contribution in [1.82, 2.24) is 10.3 Å². The number of nitrogens with zero attached hydrogens (tertiary/aromatic N) is 1. The minimum Gasteiger partial charge on any atom is -0.311 e. The third kappa shape index (κ3) is 3.92. The van der Waals surface area contributed by atoms with Crippen molar-refractivity contribution in [2.75, 3.05) is 7.05 Å². The molecule has 1 aromatic heterocycles. The highest BCUT2D eigenvalue weighted by Gasteiger charge is 2.14. The van der Waals surface area contributed by atoms with Crippen LogP contribution in [0.3, 0.4) is 0 Å². The van der Waals surface area contributed by atoms with Crippen molar-refractivity contribution in [3.8, 4) is 0 Å². The molecule has 1 atom stereocenters. The second-order valence-electron chi connectivity index (χ2n) is 6.16. The molecule has 0 saturated heterocycles. The Balaban J connectivity index is 2.18. The number of hydrogen-bond donors (Lipinski definition) is 1. The lowest BCUT2D eigenvalue weighted by Crippen LogP contribution is -2.21. The molecular formula is C19H26N2. The van der Waals surface area contributed by atoms with Crippen molar-refractivity contribution in [3.05, 3.63) is 64.5 Å². The van der Waals surface area contributed by atoms with Crippen LogP contribution in [0.1, 0.15) is 53.8 Å². The Morgan fingerprint density at radius 1 is 1.10 bits per heavy atom. The Bertz CT molecular complexity index is 585.